The number of anilines is 1. The molecule has 0 aliphatic carbocycles. The molecule has 9 rings (SSSR count). The molecule has 3 aliphatic heterocycles. The van der Waals surface area contributed by atoms with Gasteiger partial charge in [0.05, 0.1) is 39.2 Å². The molecular formula is C59H69ClFN9O9S. The summed E-state index contributed by atoms with van der Waals surface area (Å²) in [5, 5.41) is 29.0. The molecule has 2 aromatic heterocycles. The van der Waals surface area contributed by atoms with Crippen molar-refractivity contribution in [1.82, 2.24) is 40.3 Å². The summed E-state index contributed by atoms with van der Waals surface area (Å²) in [4.78, 5) is 76.1. The number of fused-ring (bicyclic) bond motifs is 2. The zero-order chi connectivity index (χ0) is 57.4. The fourth-order valence-electron chi connectivity index (χ4n) is 10.4. The van der Waals surface area contributed by atoms with Crippen molar-refractivity contribution in [2.45, 2.75) is 91.8 Å². The molecule has 5 heterocycles. The molecule has 80 heavy (non-hydrogen) atoms. The van der Waals surface area contributed by atoms with Crippen molar-refractivity contribution in [3.05, 3.63) is 101 Å². The molecule has 3 fully saturated rings. The molecule has 3 saturated heterocycles. The van der Waals surface area contributed by atoms with Crippen LogP contribution in [0.1, 0.15) is 66.1 Å². The minimum atomic E-state index is -0.946. The van der Waals surface area contributed by atoms with Crippen LogP contribution in [0.4, 0.5) is 15.0 Å². The Kier molecular flexibility index (Phi) is 17.0. The molecule has 0 saturated carbocycles. The van der Waals surface area contributed by atoms with Gasteiger partial charge >= 0.3 is 12.1 Å². The van der Waals surface area contributed by atoms with Crippen LogP contribution in [0.3, 0.4) is 0 Å². The van der Waals surface area contributed by atoms with Crippen LogP contribution in [-0.4, -0.2) is 159 Å². The lowest BCUT2D eigenvalue weighted by Gasteiger charge is -2.40. The number of hydrogen-bond donors (Lipinski definition) is 4. The number of ether oxygens (including phenoxy) is 3. The second-order valence-electron chi connectivity index (χ2n) is 23.0. The molecule has 424 valence electrons. The molecule has 1 unspecified atom stereocenters. The zero-order valence-corrected chi connectivity index (χ0v) is 47.9. The van der Waals surface area contributed by atoms with Gasteiger partial charge in [0, 0.05) is 82.0 Å². The molecule has 18 nitrogen and oxygen atoms in total. The number of nitrogens with zero attached hydrogens (tertiary/aromatic N) is 7. The number of aliphatic hydroxyl groups is 1. The molecule has 0 bridgehead atoms. The van der Waals surface area contributed by atoms with Gasteiger partial charge in [-0.05, 0) is 85.7 Å². The van der Waals surface area contributed by atoms with Crippen LogP contribution in [0.15, 0.2) is 78.8 Å². The fraction of sp³-hybridized carbons (Fsp3) is 0.441. The number of phenolic OH excluding ortho intramolecular Hbond substituents is 1. The predicted molar refractivity (Wildman–Crippen MR) is 307 cm³/mol. The smallest absolute Gasteiger partial charge is 0.410 e. The molecule has 4 atom stereocenters. The SMILES string of the molecule is C=C(NC(=O)[C@@H]1C[C@@H](O)CN1C(=O)C(CNC(=O)COC1CN(C[C@@H](C)Oc2nc(N3CCN(C(=O)OC(C)(C)C)CC3)c3cc(Cl)c(-c4cc(O)cc5ccccc45)c(F)c3n2)C1)C(C)(C)C)c1ccc(-c2scnc2C)cc1. The Morgan fingerprint density at radius 2 is 1.66 bits per heavy atom. The van der Waals surface area contributed by atoms with Crippen LogP contribution in [0, 0.1) is 24.1 Å². The number of likely N-dealkylation sites (tertiary alicyclic amines) is 2. The highest BCUT2D eigenvalue weighted by atomic mass is 35.5. The summed E-state index contributed by atoms with van der Waals surface area (Å²) in [6, 6.07) is 18.6. The Hall–Kier alpha value is -6.97. The maximum Gasteiger partial charge on any atom is 0.410 e. The number of rotatable bonds is 16. The number of aromatic nitrogens is 3. The Morgan fingerprint density at radius 1 is 0.950 bits per heavy atom. The number of piperazine rings is 1. The highest BCUT2D eigenvalue weighted by Gasteiger charge is 2.44. The van der Waals surface area contributed by atoms with Crippen LogP contribution in [0.2, 0.25) is 5.02 Å². The lowest BCUT2D eigenvalue weighted by molar-refractivity contribution is -0.144. The van der Waals surface area contributed by atoms with Gasteiger partial charge in [-0.3, -0.25) is 19.3 Å². The van der Waals surface area contributed by atoms with Crippen LogP contribution in [0.25, 0.3) is 48.9 Å². The maximum absolute atomic E-state index is 17.2. The molecule has 4 N–H and O–H groups in total. The molecule has 0 radical (unpaired) electrons. The topological polar surface area (TPSA) is 212 Å². The summed E-state index contributed by atoms with van der Waals surface area (Å²) < 4.78 is 35.2. The first-order valence-corrected chi connectivity index (χ1v) is 28.1. The molecular weight excluding hydrogens is 1070 g/mol. The number of β-amino-alcohol motifs (C(OH)–C–C–N with tert-alkyl or cyclic N) is 1. The molecule has 4 aromatic carbocycles. The van der Waals surface area contributed by atoms with Crippen molar-refractivity contribution in [2.24, 2.45) is 11.3 Å². The van der Waals surface area contributed by atoms with E-state index >= 15 is 4.39 Å². The minimum absolute atomic E-state index is 0.0127. The average Bonchev–Trinajstić information content (AvgIpc) is 4.03. The van der Waals surface area contributed by atoms with Gasteiger partial charge in [0.25, 0.3) is 0 Å². The van der Waals surface area contributed by atoms with Crippen LogP contribution >= 0.6 is 22.9 Å². The summed E-state index contributed by atoms with van der Waals surface area (Å²) in [7, 11) is 0. The van der Waals surface area contributed by atoms with Crippen molar-refractivity contribution in [2.75, 3.05) is 70.4 Å². The number of aliphatic hydroxyl groups excluding tert-OH is 1. The lowest BCUT2D eigenvalue weighted by atomic mass is 9.79. The van der Waals surface area contributed by atoms with Crippen molar-refractivity contribution in [1.29, 1.82) is 0 Å². The van der Waals surface area contributed by atoms with Crippen molar-refractivity contribution < 1.29 is 48.0 Å². The summed E-state index contributed by atoms with van der Waals surface area (Å²) in [5.41, 5.74) is 3.93. The van der Waals surface area contributed by atoms with Gasteiger partial charge in [-0.1, -0.05) is 87.5 Å². The molecule has 0 spiro atoms. The first-order valence-electron chi connectivity index (χ1n) is 26.8. The average molecular weight is 1130 g/mol. The van der Waals surface area contributed by atoms with Crippen LogP contribution < -0.4 is 20.3 Å². The fourth-order valence-corrected chi connectivity index (χ4v) is 11.5. The summed E-state index contributed by atoms with van der Waals surface area (Å²) >= 11 is 8.50. The second kappa shape index (κ2) is 23.6. The maximum atomic E-state index is 17.2. The van der Waals surface area contributed by atoms with E-state index in [1.54, 1.807) is 33.9 Å². The first-order chi connectivity index (χ1) is 37.9. The standard InChI is InChI=1S/C59H69ClFN9O9S/c1-33(78-56-65-51-44(53(66-56)68-18-20-69(21-19-68)57(76)79-59(7,8)9)25-46(60)49(50(51)61)43-23-39(71)22-38-12-10-11-13-42(38)43)27-67-29-41(30-67)77-31-48(73)62-26-45(58(4,5)6)55(75)70-28-40(72)24-47(70)54(74)64-34(2)36-14-16-37(17-15-36)52-35(3)63-32-80-52/h10-17,22-23,25,32-33,40-41,45,47,71-72H,2,18-21,24,26-31H2,1,3-9H3,(H,62,73)(H,64,74)/t33-,40-,45?,47+/m1/s1. The third kappa shape index (κ3) is 13.1. The number of hydrogen-bond acceptors (Lipinski definition) is 15. The largest absolute Gasteiger partial charge is 0.508 e. The number of carbonyl (C=O) groups is 4. The van der Waals surface area contributed by atoms with Gasteiger partial charge in [-0.2, -0.15) is 9.97 Å². The second-order valence-corrected chi connectivity index (χ2v) is 24.2. The number of amides is 4. The van der Waals surface area contributed by atoms with Gasteiger partial charge in [0.2, 0.25) is 17.7 Å². The number of carbonyl (C=O) groups excluding carboxylic acids is 4. The highest BCUT2D eigenvalue weighted by Crippen LogP contribution is 2.43. The van der Waals surface area contributed by atoms with E-state index in [4.69, 9.17) is 30.8 Å². The summed E-state index contributed by atoms with van der Waals surface area (Å²) in [5.74, 6) is -2.34. The number of benzene rings is 4. The number of halogens is 2. The third-order valence-corrected chi connectivity index (χ3v) is 15.9. The summed E-state index contributed by atoms with van der Waals surface area (Å²) in [6.45, 7) is 21.5. The van der Waals surface area contributed by atoms with Crippen molar-refractivity contribution in [3.63, 3.8) is 0 Å². The first kappa shape index (κ1) is 57.7. The Bertz CT molecular complexity index is 3320. The van der Waals surface area contributed by atoms with E-state index in [2.05, 4.69) is 32.1 Å². The van der Waals surface area contributed by atoms with E-state index in [0.29, 0.717) is 84.6 Å². The quantitative estimate of drug-likeness (QED) is 0.0717. The number of aromatic hydroxyl groups is 1. The van der Waals surface area contributed by atoms with E-state index < -0.39 is 58.9 Å². The predicted octanol–water partition coefficient (Wildman–Crippen LogP) is 8.43. The van der Waals surface area contributed by atoms with Crippen LogP contribution in [0.5, 0.6) is 11.8 Å². The van der Waals surface area contributed by atoms with Gasteiger partial charge in [0.1, 0.15) is 41.4 Å². The Morgan fingerprint density at radius 3 is 2.34 bits per heavy atom. The van der Waals surface area contributed by atoms with Crippen LogP contribution in [-0.2, 0) is 23.9 Å². The van der Waals surface area contributed by atoms with Gasteiger partial charge in [-0.15, -0.1) is 11.3 Å². The Balaban J connectivity index is 0.803. The van der Waals surface area contributed by atoms with Gasteiger partial charge < -0.3 is 49.8 Å². The number of nitrogens with one attached hydrogen (secondary N) is 2. The van der Waals surface area contributed by atoms with E-state index in [-0.39, 0.29) is 66.0 Å². The zero-order valence-electron chi connectivity index (χ0n) is 46.3. The number of thiazole rings is 1. The van der Waals surface area contributed by atoms with E-state index in [9.17, 15) is 29.4 Å². The van der Waals surface area contributed by atoms with Crippen molar-refractivity contribution >= 4 is 79.9 Å². The number of phenols is 1. The highest BCUT2D eigenvalue weighted by molar-refractivity contribution is 7.13. The van der Waals surface area contributed by atoms with E-state index in [1.807, 2.05) is 109 Å². The number of aryl methyl sites for hydroxylation is 1. The monoisotopic (exact) mass is 1130 g/mol. The normalized spacial score (nSPS) is 18.0. The van der Waals surface area contributed by atoms with Crippen molar-refractivity contribution in [3.8, 4) is 33.3 Å². The molecule has 3 aliphatic rings. The summed E-state index contributed by atoms with van der Waals surface area (Å²) in [6.07, 6.45) is -2.02. The molecule has 21 heteroatoms. The molecule has 6 aromatic rings. The van der Waals surface area contributed by atoms with Gasteiger partial charge in [-0.25, -0.2) is 14.2 Å². The Labute approximate surface area is 473 Å². The molecule has 4 amide bonds. The van der Waals surface area contributed by atoms with E-state index in [0.717, 1.165) is 16.1 Å². The van der Waals surface area contributed by atoms with Gasteiger partial charge in [0.15, 0.2) is 5.82 Å². The lowest BCUT2D eigenvalue weighted by Crippen LogP contribution is -2.55. The van der Waals surface area contributed by atoms with E-state index in [1.165, 1.54) is 11.0 Å². The minimum Gasteiger partial charge on any atom is -0.508 e. The third-order valence-electron chi connectivity index (χ3n) is 14.6.